The third kappa shape index (κ3) is 3.50. The maximum Gasteiger partial charge on any atom is 0.178 e. The lowest BCUT2D eigenvalue weighted by molar-refractivity contribution is -0.174. The van der Waals surface area contributed by atoms with Crippen LogP contribution in [0.2, 0.25) is 0 Å². The molecule has 7 atom stereocenters. The standard InChI is InChI=1S/C30H36N2O4S/c1-4-32-23-8-6-5-7-22(23)31-27(32)37-17-25(35)30(36)14-12-21-20-10-9-18-15-19(33)11-13-28(18,2)26(20)24(34)16-29(21,30)3/h5-8,11,13,15,20-21,24,26,34,36H,4,9-10,12,14,16-17H2,1-3H3/t20?,21?,24?,26?,28?,29?,30-/m0/s1. The number of aromatic nitrogens is 2. The summed E-state index contributed by atoms with van der Waals surface area (Å²) in [5, 5.41) is 24.4. The van der Waals surface area contributed by atoms with E-state index in [0.717, 1.165) is 47.6 Å². The van der Waals surface area contributed by atoms with Gasteiger partial charge < -0.3 is 14.8 Å². The van der Waals surface area contributed by atoms with Gasteiger partial charge in [-0.15, -0.1) is 0 Å². The molecule has 4 aliphatic carbocycles. The largest absolute Gasteiger partial charge is 0.393 e. The summed E-state index contributed by atoms with van der Waals surface area (Å²) in [6.07, 6.45) is 8.05. The fraction of sp³-hybridized carbons (Fsp3) is 0.567. The summed E-state index contributed by atoms with van der Waals surface area (Å²) in [6, 6.07) is 7.97. The van der Waals surface area contributed by atoms with Crippen LogP contribution in [0.1, 0.15) is 52.9 Å². The summed E-state index contributed by atoms with van der Waals surface area (Å²) in [5.74, 6) is 0.370. The van der Waals surface area contributed by atoms with Crippen molar-refractivity contribution in [2.24, 2.45) is 28.6 Å². The van der Waals surface area contributed by atoms with E-state index in [1.165, 1.54) is 11.8 Å². The first kappa shape index (κ1) is 25.1. The molecule has 0 amide bonds. The predicted molar refractivity (Wildman–Crippen MR) is 144 cm³/mol. The van der Waals surface area contributed by atoms with Gasteiger partial charge in [-0.25, -0.2) is 4.98 Å². The highest BCUT2D eigenvalue weighted by Crippen LogP contribution is 2.67. The Morgan fingerprint density at radius 1 is 1.24 bits per heavy atom. The van der Waals surface area contributed by atoms with E-state index in [1.807, 2.05) is 37.3 Å². The van der Waals surface area contributed by atoms with Crippen molar-refractivity contribution in [1.82, 2.24) is 9.55 Å². The van der Waals surface area contributed by atoms with Crippen molar-refractivity contribution in [3.63, 3.8) is 0 Å². The molecule has 0 radical (unpaired) electrons. The highest BCUT2D eigenvalue weighted by Gasteiger charge is 2.68. The predicted octanol–water partition coefficient (Wildman–Crippen LogP) is 4.73. The minimum atomic E-state index is -1.46. The van der Waals surface area contributed by atoms with Crippen LogP contribution in [-0.2, 0) is 16.1 Å². The normalized spacial score (nSPS) is 38.7. The second kappa shape index (κ2) is 8.65. The van der Waals surface area contributed by atoms with Crippen molar-refractivity contribution in [3.8, 4) is 0 Å². The number of hydrogen-bond donors (Lipinski definition) is 2. The first-order valence-electron chi connectivity index (χ1n) is 13.6. The topological polar surface area (TPSA) is 92.4 Å². The molecule has 1 heterocycles. The molecule has 0 aliphatic heterocycles. The number of fused-ring (bicyclic) bond motifs is 6. The molecular formula is C30H36N2O4S. The summed E-state index contributed by atoms with van der Waals surface area (Å²) >= 11 is 1.40. The number of Topliss-reactive ketones (excluding diaryl/α,β-unsaturated/α-hetero) is 1. The highest BCUT2D eigenvalue weighted by atomic mass is 32.2. The van der Waals surface area contributed by atoms with Gasteiger partial charge in [0, 0.05) is 23.3 Å². The number of carbonyl (C=O) groups is 2. The highest BCUT2D eigenvalue weighted by molar-refractivity contribution is 7.99. The van der Waals surface area contributed by atoms with E-state index < -0.39 is 17.1 Å². The Bertz CT molecular complexity index is 1350. The SMILES string of the molecule is CCn1c(SCC(=O)[C@@]2(O)CCC3C4CCC5=CC(=O)C=CC5(C)C4C(O)CC32C)nc2ccccc21. The van der Waals surface area contributed by atoms with Crippen molar-refractivity contribution >= 4 is 34.4 Å². The molecule has 6 rings (SSSR count). The van der Waals surface area contributed by atoms with Gasteiger partial charge in [0.25, 0.3) is 0 Å². The molecule has 0 spiro atoms. The van der Waals surface area contributed by atoms with E-state index >= 15 is 0 Å². The van der Waals surface area contributed by atoms with Crippen LogP contribution in [0.4, 0.5) is 0 Å². The van der Waals surface area contributed by atoms with E-state index in [9.17, 15) is 19.8 Å². The van der Waals surface area contributed by atoms with Gasteiger partial charge in [-0.3, -0.25) is 9.59 Å². The van der Waals surface area contributed by atoms with Gasteiger partial charge in [0.05, 0.1) is 22.9 Å². The molecule has 7 heteroatoms. The second-order valence-corrected chi connectivity index (χ2v) is 12.9. The zero-order valence-corrected chi connectivity index (χ0v) is 22.6. The molecule has 1 aromatic carbocycles. The van der Waals surface area contributed by atoms with Gasteiger partial charge in [0.2, 0.25) is 0 Å². The van der Waals surface area contributed by atoms with Gasteiger partial charge >= 0.3 is 0 Å². The van der Waals surface area contributed by atoms with Gasteiger partial charge in [-0.2, -0.15) is 0 Å². The van der Waals surface area contributed by atoms with Crippen LogP contribution < -0.4 is 0 Å². The molecule has 196 valence electrons. The van der Waals surface area contributed by atoms with E-state index in [-0.39, 0.29) is 40.5 Å². The Balaban J connectivity index is 1.26. The number of allylic oxidation sites excluding steroid dienone is 4. The van der Waals surface area contributed by atoms with Crippen molar-refractivity contribution < 1.29 is 19.8 Å². The quantitative estimate of drug-likeness (QED) is 0.554. The Morgan fingerprint density at radius 3 is 2.81 bits per heavy atom. The molecule has 1 aromatic heterocycles. The smallest absolute Gasteiger partial charge is 0.178 e. The molecule has 3 fully saturated rings. The number of para-hydroxylation sites is 2. The summed E-state index contributed by atoms with van der Waals surface area (Å²) in [7, 11) is 0. The fourth-order valence-electron chi connectivity index (χ4n) is 8.51. The molecule has 6 nitrogen and oxygen atoms in total. The zero-order valence-electron chi connectivity index (χ0n) is 21.8. The second-order valence-electron chi connectivity index (χ2n) is 11.9. The Morgan fingerprint density at radius 2 is 2.03 bits per heavy atom. The lowest BCUT2D eigenvalue weighted by Crippen LogP contribution is -2.61. The van der Waals surface area contributed by atoms with E-state index in [2.05, 4.69) is 18.4 Å². The first-order chi connectivity index (χ1) is 17.6. The Hall–Kier alpha value is -2.22. The number of aryl methyl sites for hydroxylation is 1. The molecular weight excluding hydrogens is 484 g/mol. The van der Waals surface area contributed by atoms with Gasteiger partial charge in [-0.05, 0) is 75.1 Å². The monoisotopic (exact) mass is 520 g/mol. The zero-order chi connectivity index (χ0) is 26.2. The molecule has 2 aromatic rings. The van der Waals surface area contributed by atoms with Crippen molar-refractivity contribution in [3.05, 3.63) is 48.1 Å². The first-order valence-corrected chi connectivity index (χ1v) is 14.6. The number of nitrogens with zero attached hydrogens (tertiary/aromatic N) is 2. The molecule has 3 saturated carbocycles. The average Bonchev–Trinajstić information content (AvgIpc) is 3.37. The lowest BCUT2D eigenvalue weighted by Gasteiger charge is -2.59. The number of rotatable bonds is 5. The number of aliphatic hydroxyl groups is 2. The summed E-state index contributed by atoms with van der Waals surface area (Å²) in [4.78, 5) is 30.5. The van der Waals surface area contributed by atoms with Crippen molar-refractivity contribution in [1.29, 1.82) is 0 Å². The minimum absolute atomic E-state index is 0.00814. The summed E-state index contributed by atoms with van der Waals surface area (Å²) in [6.45, 7) is 7.00. The molecule has 6 unspecified atom stereocenters. The maximum absolute atomic E-state index is 13.8. The van der Waals surface area contributed by atoms with Crippen LogP contribution in [0.25, 0.3) is 11.0 Å². The summed E-state index contributed by atoms with van der Waals surface area (Å²) in [5.41, 5.74) is 0.577. The van der Waals surface area contributed by atoms with Gasteiger partial charge in [0.15, 0.2) is 16.7 Å². The number of carbonyl (C=O) groups excluding carboxylic acids is 2. The van der Waals surface area contributed by atoms with E-state index in [1.54, 1.807) is 12.2 Å². The molecule has 37 heavy (non-hydrogen) atoms. The Labute approximate surface area is 222 Å². The van der Waals surface area contributed by atoms with Crippen molar-refractivity contribution in [2.75, 3.05) is 5.75 Å². The maximum atomic E-state index is 13.8. The third-order valence-electron chi connectivity index (χ3n) is 10.4. The number of ketones is 2. The Kier molecular flexibility index (Phi) is 5.86. The molecule has 2 N–H and O–H groups in total. The van der Waals surface area contributed by atoms with Gasteiger partial charge in [-0.1, -0.05) is 49.4 Å². The minimum Gasteiger partial charge on any atom is -0.393 e. The van der Waals surface area contributed by atoms with Crippen LogP contribution in [0.15, 0.2) is 53.2 Å². The fourth-order valence-corrected chi connectivity index (χ4v) is 9.55. The number of imidazole rings is 1. The van der Waals surface area contributed by atoms with Crippen molar-refractivity contribution in [2.45, 2.75) is 76.3 Å². The number of aliphatic hydroxyl groups excluding tert-OH is 1. The summed E-state index contributed by atoms with van der Waals surface area (Å²) < 4.78 is 2.11. The van der Waals surface area contributed by atoms with E-state index in [0.29, 0.717) is 12.8 Å². The number of thioether (sulfide) groups is 1. The van der Waals surface area contributed by atoms with Crippen LogP contribution in [-0.4, -0.2) is 48.8 Å². The van der Waals surface area contributed by atoms with Crippen LogP contribution in [0.3, 0.4) is 0 Å². The lowest BCUT2D eigenvalue weighted by atomic mass is 9.46. The molecule has 0 bridgehead atoms. The number of hydrogen-bond acceptors (Lipinski definition) is 6. The van der Waals surface area contributed by atoms with Gasteiger partial charge in [0.1, 0.15) is 5.60 Å². The van der Waals surface area contributed by atoms with Crippen LogP contribution in [0, 0.1) is 28.6 Å². The average molecular weight is 521 g/mol. The van der Waals surface area contributed by atoms with E-state index in [4.69, 9.17) is 4.98 Å². The molecule has 4 aliphatic rings. The van der Waals surface area contributed by atoms with Crippen LogP contribution in [0.5, 0.6) is 0 Å². The third-order valence-corrected chi connectivity index (χ3v) is 11.4. The number of benzene rings is 1. The van der Waals surface area contributed by atoms with Crippen LogP contribution >= 0.6 is 11.8 Å². The molecule has 0 saturated heterocycles.